The fourth-order valence-electron chi connectivity index (χ4n) is 1.70. The van der Waals surface area contributed by atoms with Crippen LogP contribution in [0.25, 0.3) is 0 Å². The first-order valence-electron chi connectivity index (χ1n) is 6.13. The maximum Gasteiger partial charge on any atom is 0.341 e. The first-order valence-corrected chi connectivity index (χ1v) is 7.07. The van der Waals surface area contributed by atoms with Crippen LogP contribution in [0.4, 0.5) is 5.82 Å². The summed E-state index contributed by atoms with van der Waals surface area (Å²) in [6, 6.07) is 5.59. The second kappa shape index (κ2) is 6.33. The van der Waals surface area contributed by atoms with Crippen LogP contribution in [0.1, 0.15) is 35.8 Å². The van der Waals surface area contributed by atoms with Crippen molar-refractivity contribution in [1.29, 1.82) is 0 Å². The predicted molar refractivity (Wildman–Crippen MR) is 76.6 cm³/mol. The number of rotatable bonds is 5. The van der Waals surface area contributed by atoms with Gasteiger partial charge in [0.1, 0.15) is 11.4 Å². The van der Waals surface area contributed by atoms with Crippen molar-refractivity contribution in [1.82, 2.24) is 4.98 Å². The van der Waals surface area contributed by atoms with Gasteiger partial charge in [-0.2, -0.15) is 11.3 Å². The number of nitrogens with zero attached hydrogens (tertiary/aromatic N) is 1. The summed E-state index contributed by atoms with van der Waals surface area (Å²) in [7, 11) is 0. The minimum absolute atomic E-state index is 0.0920. The van der Waals surface area contributed by atoms with E-state index in [1.807, 2.05) is 12.3 Å². The van der Waals surface area contributed by atoms with Crippen LogP contribution in [0.5, 0.6) is 0 Å². The molecular formula is C14H16N2O2S. The fraction of sp³-hybridized carbons (Fsp3) is 0.286. The summed E-state index contributed by atoms with van der Waals surface area (Å²) in [5, 5.41) is 7.35. The van der Waals surface area contributed by atoms with Crippen molar-refractivity contribution in [2.24, 2.45) is 0 Å². The van der Waals surface area contributed by atoms with Crippen molar-refractivity contribution in [2.75, 3.05) is 11.9 Å². The lowest BCUT2D eigenvalue weighted by atomic mass is 10.1. The van der Waals surface area contributed by atoms with Crippen molar-refractivity contribution in [3.63, 3.8) is 0 Å². The molecule has 0 spiro atoms. The lowest BCUT2D eigenvalue weighted by molar-refractivity contribution is 0.0527. The molecule has 0 saturated heterocycles. The molecular weight excluding hydrogens is 260 g/mol. The first kappa shape index (κ1) is 13.5. The number of pyridine rings is 1. The van der Waals surface area contributed by atoms with Gasteiger partial charge in [-0.3, -0.25) is 0 Å². The lowest BCUT2D eigenvalue weighted by Crippen LogP contribution is -2.13. The first-order chi connectivity index (χ1) is 9.22. The smallest absolute Gasteiger partial charge is 0.341 e. The maximum atomic E-state index is 11.8. The van der Waals surface area contributed by atoms with Crippen LogP contribution >= 0.6 is 11.3 Å². The summed E-state index contributed by atoms with van der Waals surface area (Å²) in [4.78, 5) is 16.1. The molecule has 0 saturated carbocycles. The van der Waals surface area contributed by atoms with Crippen molar-refractivity contribution in [3.8, 4) is 0 Å². The Kier molecular flexibility index (Phi) is 4.52. The van der Waals surface area contributed by atoms with Crippen LogP contribution in [0, 0.1) is 0 Å². The summed E-state index contributed by atoms with van der Waals surface area (Å²) in [6.07, 6.45) is 1.66. The molecule has 0 aromatic carbocycles. The standard InChI is InChI=1S/C14H16N2O2S/c1-3-18-14(17)12-5-4-7-15-13(12)16-10(2)11-6-8-19-9-11/h4-10H,3H2,1-2H3,(H,15,16). The van der Waals surface area contributed by atoms with Gasteiger partial charge in [-0.05, 0) is 48.4 Å². The van der Waals surface area contributed by atoms with Gasteiger partial charge in [0, 0.05) is 6.20 Å². The third-order valence-corrected chi connectivity index (χ3v) is 3.40. The number of anilines is 1. The van der Waals surface area contributed by atoms with Crippen LogP contribution in [-0.2, 0) is 4.74 Å². The zero-order valence-electron chi connectivity index (χ0n) is 10.9. The van der Waals surface area contributed by atoms with Gasteiger partial charge in [-0.25, -0.2) is 9.78 Å². The highest BCUT2D eigenvalue weighted by atomic mass is 32.1. The number of hydrogen-bond acceptors (Lipinski definition) is 5. The van der Waals surface area contributed by atoms with E-state index in [9.17, 15) is 4.79 Å². The molecule has 2 aromatic rings. The number of carbonyl (C=O) groups is 1. The van der Waals surface area contributed by atoms with Gasteiger partial charge in [0.05, 0.1) is 12.6 Å². The Morgan fingerprint density at radius 3 is 3.05 bits per heavy atom. The molecule has 0 radical (unpaired) electrons. The van der Waals surface area contributed by atoms with Crippen molar-refractivity contribution >= 4 is 23.1 Å². The number of aromatic nitrogens is 1. The summed E-state index contributed by atoms with van der Waals surface area (Å²) >= 11 is 1.65. The molecule has 4 nitrogen and oxygen atoms in total. The number of nitrogens with one attached hydrogen (secondary N) is 1. The number of esters is 1. The van der Waals surface area contributed by atoms with E-state index in [4.69, 9.17) is 4.74 Å². The second-order valence-corrected chi connectivity index (χ2v) is 4.82. The fourth-order valence-corrected chi connectivity index (χ4v) is 2.46. The largest absolute Gasteiger partial charge is 0.462 e. The molecule has 0 aliphatic rings. The quantitative estimate of drug-likeness (QED) is 0.849. The average Bonchev–Trinajstić information content (AvgIpc) is 2.93. The number of carbonyl (C=O) groups excluding carboxylic acids is 1. The molecule has 0 fully saturated rings. The minimum atomic E-state index is -0.351. The van der Waals surface area contributed by atoms with E-state index in [0.717, 1.165) is 0 Å². The number of ether oxygens (including phenoxy) is 1. The van der Waals surface area contributed by atoms with Gasteiger partial charge >= 0.3 is 5.97 Å². The predicted octanol–water partition coefficient (Wildman–Crippen LogP) is 3.49. The molecule has 0 amide bonds. The Morgan fingerprint density at radius 2 is 2.37 bits per heavy atom. The highest BCUT2D eigenvalue weighted by Gasteiger charge is 2.15. The van der Waals surface area contributed by atoms with E-state index in [2.05, 4.69) is 21.7 Å². The van der Waals surface area contributed by atoms with Gasteiger partial charge in [0.25, 0.3) is 0 Å². The molecule has 100 valence electrons. The highest BCUT2D eigenvalue weighted by Crippen LogP contribution is 2.22. The molecule has 2 heterocycles. The maximum absolute atomic E-state index is 11.8. The Balaban J connectivity index is 2.18. The SMILES string of the molecule is CCOC(=O)c1cccnc1NC(C)c1ccsc1. The monoisotopic (exact) mass is 276 g/mol. The minimum Gasteiger partial charge on any atom is -0.462 e. The summed E-state index contributed by atoms with van der Waals surface area (Å²) in [5.74, 6) is 0.204. The summed E-state index contributed by atoms with van der Waals surface area (Å²) in [6.45, 7) is 4.17. The number of thiophene rings is 1. The molecule has 1 N–H and O–H groups in total. The normalized spacial score (nSPS) is 11.9. The summed E-state index contributed by atoms with van der Waals surface area (Å²) < 4.78 is 5.02. The average molecular weight is 276 g/mol. The molecule has 0 bridgehead atoms. The molecule has 19 heavy (non-hydrogen) atoms. The van der Waals surface area contributed by atoms with Gasteiger partial charge in [-0.1, -0.05) is 0 Å². The summed E-state index contributed by atoms with van der Waals surface area (Å²) in [5.41, 5.74) is 1.64. The van der Waals surface area contributed by atoms with Gasteiger partial charge in [0.15, 0.2) is 0 Å². The Bertz CT molecular complexity index is 540. The van der Waals surface area contributed by atoms with Crippen molar-refractivity contribution in [2.45, 2.75) is 19.9 Å². The molecule has 2 aromatic heterocycles. The Morgan fingerprint density at radius 1 is 1.53 bits per heavy atom. The van der Waals surface area contributed by atoms with Crippen LogP contribution < -0.4 is 5.32 Å². The lowest BCUT2D eigenvalue weighted by Gasteiger charge is -2.15. The van der Waals surface area contributed by atoms with E-state index in [-0.39, 0.29) is 12.0 Å². The van der Waals surface area contributed by atoms with Gasteiger partial charge in [0.2, 0.25) is 0 Å². The van der Waals surface area contributed by atoms with Crippen molar-refractivity contribution in [3.05, 3.63) is 46.3 Å². The molecule has 1 unspecified atom stereocenters. The molecule has 0 aliphatic heterocycles. The second-order valence-electron chi connectivity index (χ2n) is 4.04. The third kappa shape index (κ3) is 3.32. The molecule has 2 rings (SSSR count). The van der Waals surface area contributed by atoms with E-state index >= 15 is 0 Å². The van der Waals surface area contributed by atoms with E-state index in [1.54, 1.807) is 36.6 Å². The van der Waals surface area contributed by atoms with Gasteiger partial charge < -0.3 is 10.1 Å². The number of hydrogen-bond donors (Lipinski definition) is 1. The third-order valence-electron chi connectivity index (χ3n) is 2.70. The van der Waals surface area contributed by atoms with Crippen LogP contribution in [0.15, 0.2) is 35.2 Å². The molecule has 1 atom stereocenters. The van der Waals surface area contributed by atoms with E-state index < -0.39 is 0 Å². The topological polar surface area (TPSA) is 51.2 Å². The molecule has 5 heteroatoms. The zero-order valence-corrected chi connectivity index (χ0v) is 11.7. The van der Waals surface area contributed by atoms with E-state index in [0.29, 0.717) is 18.0 Å². The highest BCUT2D eigenvalue weighted by molar-refractivity contribution is 7.07. The van der Waals surface area contributed by atoms with Crippen LogP contribution in [0.3, 0.4) is 0 Å². The molecule has 0 aliphatic carbocycles. The van der Waals surface area contributed by atoms with E-state index in [1.165, 1.54) is 5.56 Å². The van der Waals surface area contributed by atoms with Crippen LogP contribution in [0.2, 0.25) is 0 Å². The Hall–Kier alpha value is -1.88. The zero-order chi connectivity index (χ0) is 13.7. The van der Waals surface area contributed by atoms with Crippen LogP contribution in [-0.4, -0.2) is 17.6 Å². The van der Waals surface area contributed by atoms with Gasteiger partial charge in [-0.15, -0.1) is 0 Å². The Labute approximate surface area is 116 Å². The van der Waals surface area contributed by atoms with Crippen molar-refractivity contribution < 1.29 is 9.53 Å².